The van der Waals surface area contributed by atoms with E-state index in [0.29, 0.717) is 17.9 Å². The van der Waals surface area contributed by atoms with Crippen LogP contribution in [-0.4, -0.2) is 57.8 Å². The fraction of sp³-hybridized carbons (Fsp3) is 0.391. The number of carbonyl (C=O) groups excluding carboxylic acids is 2. The van der Waals surface area contributed by atoms with E-state index in [2.05, 4.69) is 5.32 Å². The molecule has 1 N–H and O–H groups in total. The predicted octanol–water partition coefficient (Wildman–Crippen LogP) is 2.04. The van der Waals surface area contributed by atoms with Crippen molar-refractivity contribution in [1.29, 1.82) is 0 Å². The number of nitrogens with one attached hydrogen (secondary N) is 1. The summed E-state index contributed by atoms with van der Waals surface area (Å²) in [4.78, 5) is 27.5. The van der Waals surface area contributed by atoms with Gasteiger partial charge >= 0.3 is 0 Å². The minimum absolute atomic E-state index is 0.0468. The van der Waals surface area contributed by atoms with Crippen LogP contribution >= 0.6 is 0 Å². The Labute approximate surface area is 194 Å². The van der Waals surface area contributed by atoms with Gasteiger partial charge in [-0.2, -0.15) is 0 Å². The lowest BCUT2D eigenvalue weighted by molar-refractivity contribution is -0.140. The zero-order valence-corrected chi connectivity index (χ0v) is 20.0. The Bertz CT molecular complexity index is 1130. The molecule has 0 bridgehead atoms. The molecule has 1 aliphatic rings. The zero-order chi connectivity index (χ0) is 24.2. The fourth-order valence-corrected chi connectivity index (χ4v) is 4.59. The number of carbonyl (C=O) groups is 2. The fourth-order valence-electron chi connectivity index (χ4n) is 3.75. The SMILES string of the molecule is CC[C@H](C(=O)NC)N(Cc1cccc(C)c1)C(=O)CN(c1ccc2c(c1)OCO2)S(C)(=O)=O. The highest BCUT2D eigenvalue weighted by Crippen LogP contribution is 2.36. The van der Waals surface area contributed by atoms with Crippen LogP contribution in [0.2, 0.25) is 0 Å². The van der Waals surface area contributed by atoms with Crippen LogP contribution in [0.15, 0.2) is 42.5 Å². The average molecular weight is 476 g/mol. The highest BCUT2D eigenvalue weighted by molar-refractivity contribution is 7.92. The van der Waals surface area contributed by atoms with E-state index in [-0.39, 0.29) is 24.9 Å². The number of ether oxygens (including phenoxy) is 2. The lowest BCUT2D eigenvalue weighted by atomic mass is 10.1. The van der Waals surface area contributed by atoms with Crippen molar-refractivity contribution in [2.45, 2.75) is 32.9 Å². The highest BCUT2D eigenvalue weighted by Gasteiger charge is 2.31. The smallest absolute Gasteiger partial charge is 0.244 e. The quantitative estimate of drug-likeness (QED) is 0.595. The minimum atomic E-state index is -3.81. The summed E-state index contributed by atoms with van der Waals surface area (Å²) in [6, 6.07) is 11.6. The summed E-state index contributed by atoms with van der Waals surface area (Å²) >= 11 is 0. The van der Waals surface area contributed by atoms with E-state index in [1.165, 1.54) is 18.0 Å². The van der Waals surface area contributed by atoms with Crippen molar-refractivity contribution in [2.24, 2.45) is 0 Å². The van der Waals surface area contributed by atoms with Crippen LogP contribution < -0.4 is 19.1 Å². The standard InChI is InChI=1S/C23H29N3O6S/c1-5-19(23(28)24-3)25(13-17-8-6-7-16(2)11-17)22(27)14-26(33(4,29)30)18-9-10-20-21(12-18)32-15-31-20/h6-12,19H,5,13-15H2,1-4H3,(H,24,28)/t19-/m1/s1. The zero-order valence-electron chi connectivity index (χ0n) is 19.2. The van der Waals surface area contributed by atoms with Crippen molar-refractivity contribution in [2.75, 3.05) is 30.9 Å². The van der Waals surface area contributed by atoms with E-state index in [0.717, 1.165) is 21.7 Å². The van der Waals surface area contributed by atoms with Gasteiger partial charge < -0.3 is 19.7 Å². The van der Waals surface area contributed by atoms with Crippen molar-refractivity contribution >= 4 is 27.5 Å². The van der Waals surface area contributed by atoms with Crippen LogP contribution in [0.25, 0.3) is 0 Å². The van der Waals surface area contributed by atoms with Crippen LogP contribution in [0.5, 0.6) is 11.5 Å². The molecule has 3 rings (SSSR count). The number of nitrogens with zero attached hydrogens (tertiary/aromatic N) is 2. The van der Waals surface area contributed by atoms with Crippen LogP contribution in [0.1, 0.15) is 24.5 Å². The van der Waals surface area contributed by atoms with Gasteiger partial charge in [0, 0.05) is 19.7 Å². The maximum Gasteiger partial charge on any atom is 0.244 e. The molecule has 178 valence electrons. The van der Waals surface area contributed by atoms with E-state index in [1.54, 1.807) is 12.1 Å². The Kier molecular flexibility index (Phi) is 7.47. The van der Waals surface area contributed by atoms with Crippen LogP contribution in [0, 0.1) is 6.92 Å². The van der Waals surface area contributed by atoms with Gasteiger partial charge in [-0.15, -0.1) is 0 Å². The van der Waals surface area contributed by atoms with E-state index < -0.39 is 28.5 Å². The van der Waals surface area contributed by atoms with Gasteiger partial charge in [-0.25, -0.2) is 8.42 Å². The van der Waals surface area contributed by atoms with Gasteiger partial charge in [0.2, 0.25) is 28.6 Å². The third-order valence-corrected chi connectivity index (χ3v) is 6.53. The number of amides is 2. The second kappa shape index (κ2) is 10.1. The molecule has 0 aromatic heterocycles. The summed E-state index contributed by atoms with van der Waals surface area (Å²) < 4.78 is 36.9. The molecule has 0 spiro atoms. The maximum absolute atomic E-state index is 13.5. The van der Waals surface area contributed by atoms with Crippen LogP contribution in [-0.2, 0) is 26.2 Å². The summed E-state index contributed by atoms with van der Waals surface area (Å²) in [5.74, 6) is 0.106. The van der Waals surface area contributed by atoms with Crippen molar-refractivity contribution in [3.63, 3.8) is 0 Å². The van der Waals surface area contributed by atoms with Gasteiger partial charge in [0.05, 0.1) is 11.9 Å². The molecule has 2 aromatic rings. The highest BCUT2D eigenvalue weighted by atomic mass is 32.2. The molecular formula is C23H29N3O6S. The minimum Gasteiger partial charge on any atom is -0.454 e. The van der Waals surface area contributed by atoms with Crippen LogP contribution in [0.3, 0.4) is 0 Å². The van der Waals surface area contributed by atoms with Crippen molar-refractivity contribution < 1.29 is 27.5 Å². The van der Waals surface area contributed by atoms with Gasteiger partial charge in [-0.05, 0) is 31.0 Å². The maximum atomic E-state index is 13.5. The lowest BCUT2D eigenvalue weighted by Crippen LogP contribution is -2.51. The molecule has 0 fully saturated rings. The molecule has 2 amide bonds. The molecule has 0 radical (unpaired) electrons. The number of rotatable bonds is 9. The molecule has 1 aliphatic heterocycles. The average Bonchev–Trinajstić information content (AvgIpc) is 3.24. The Morgan fingerprint density at radius 2 is 1.85 bits per heavy atom. The first kappa shape index (κ1) is 24.4. The largest absolute Gasteiger partial charge is 0.454 e. The van der Waals surface area contributed by atoms with Crippen molar-refractivity contribution in [3.8, 4) is 11.5 Å². The molecular weight excluding hydrogens is 446 g/mol. The normalized spacial score (nSPS) is 13.3. The Hall–Kier alpha value is -3.27. The van der Waals surface area contributed by atoms with E-state index in [9.17, 15) is 18.0 Å². The number of hydrogen-bond donors (Lipinski definition) is 1. The molecule has 2 aromatic carbocycles. The second-order valence-electron chi connectivity index (χ2n) is 7.86. The molecule has 10 heteroatoms. The van der Waals surface area contributed by atoms with Gasteiger partial charge in [-0.1, -0.05) is 36.8 Å². The molecule has 0 aliphatic carbocycles. The molecule has 9 nitrogen and oxygen atoms in total. The van der Waals surface area contributed by atoms with Crippen molar-refractivity contribution in [1.82, 2.24) is 10.2 Å². The van der Waals surface area contributed by atoms with Gasteiger partial charge in [0.25, 0.3) is 0 Å². The lowest BCUT2D eigenvalue weighted by Gasteiger charge is -2.32. The first-order valence-corrected chi connectivity index (χ1v) is 12.4. The van der Waals surface area contributed by atoms with E-state index >= 15 is 0 Å². The number of aryl methyl sites for hydroxylation is 1. The van der Waals surface area contributed by atoms with E-state index in [1.807, 2.05) is 38.1 Å². The third-order valence-electron chi connectivity index (χ3n) is 5.39. The van der Waals surface area contributed by atoms with Crippen molar-refractivity contribution in [3.05, 3.63) is 53.6 Å². The topological polar surface area (TPSA) is 105 Å². The molecule has 0 unspecified atom stereocenters. The monoisotopic (exact) mass is 475 g/mol. The van der Waals surface area contributed by atoms with Gasteiger partial charge in [-0.3, -0.25) is 13.9 Å². The predicted molar refractivity (Wildman–Crippen MR) is 125 cm³/mol. The Morgan fingerprint density at radius 3 is 2.48 bits per heavy atom. The summed E-state index contributed by atoms with van der Waals surface area (Å²) in [6.45, 7) is 3.51. The molecule has 33 heavy (non-hydrogen) atoms. The third kappa shape index (κ3) is 5.75. The summed E-state index contributed by atoms with van der Waals surface area (Å²) in [5, 5.41) is 2.60. The first-order chi connectivity index (χ1) is 15.6. The van der Waals surface area contributed by atoms with Crippen LogP contribution in [0.4, 0.5) is 5.69 Å². The second-order valence-corrected chi connectivity index (χ2v) is 9.76. The number of sulfonamides is 1. The number of hydrogen-bond acceptors (Lipinski definition) is 6. The first-order valence-electron chi connectivity index (χ1n) is 10.6. The van der Waals surface area contributed by atoms with Gasteiger partial charge in [0.15, 0.2) is 11.5 Å². The molecule has 1 atom stereocenters. The molecule has 0 saturated carbocycles. The number of fused-ring (bicyclic) bond motifs is 1. The molecule has 0 saturated heterocycles. The Morgan fingerprint density at radius 1 is 1.12 bits per heavy atom. The molecule has 1 heterocycles. The van der Waals surface area contributed by atoms with E-state index in [4.69, 9.17) is 9.47 Å². The summed E-state index contributed by atoms with van der Waals surface area (Å²) in [7, 11) is -2.30. The summed E-state index contributed by atoms with van der Waals surface area (Å²) in [5.41, 5.74) is 2.14. The number of likely N-dealkylation sites (N-methyl/N-ethyl adjacent to an activating group) is 1. The Balaban J connectivity index is 1.94. The number of anilines is 1. The number of benzene rings is 2. The summed E-state index contributed by atoms with van der Waals surface area (Å²) in [6.07, 6.45) is 1.41. The van der Waals surface area contributed by atoms with Gasteiger partial charge in [0.1, 0.15) is 12.6 Å².